The minimum atomic E-state index is -0.438. The van der Waals surface area contributed by atoms with E-state index >= 15 is 0 Å². The zero-order chi connectivity index (χ0) is 13.0. The molecule has 1 fully saturated rings. The van der Waals surface area contributed by atoms with Gasteiger partial charge in [-0.1, -0.05) is 18.7 Å². The average molecular weight is 246 g/mol. The summed E-state index contributed by atoms with van der Waals surface area (Å²) < 4.78 is 5.32. The molecule has 0 aromatic heterocycles. The molecule has 1 aromatic rings. The molecular weight excluding hydrogens is 228 g/mol. The number of amides is 1. The number of hydrogen-bond acceptors (Lipinski definition) is 3. The molecule has 2 N–H and O–H groups in total. The maximum Gasteiger partial charge on any atom is 0.244 e. The predicted octanol–water partition coefficient (Wildman–Crippen LogP) is 1.11. The molecule has 0 aliphatic carbocycles. The van der Waals surface area contributed by atoms with Crippen LogP contribution in [0.1, 0.15) is 5.56 Å². The van der Waals surface area contributed by atoms with Crippen molar-refractivity contribution < 1.29 is 9.53 Å². The van der Waals surface area contributed by atoms with Crippen LogP contribution in [0.3, 0.4) is 0 Å². The quantitative estimate of drug-likeness (QED) is 0.810. The van der Waals surface area contributed by atoms with E-state index < -0.39 is 5.91 Å². The largest absolute Gasteiger partial charge is 0.378 e. The molecule has 1 amide bonds. The molecule has 0 bridgehead atoms. The number of morpholine rings is 1. The number of primary amides is 1. The van der Waals surface area contributed by atoms with E-state index in [1.807, 2.05) is 12.1 Å². The van der Waals surface area contributed by atoms with Gasteiger partial charge in [-0.05, 0) is 17.7 Å². The van der Waals surface area contributed by atoms with Crippen molar-refractivity contribution in [3.8, 4) is 0 Å². The smallest absolute Gasteiger partial charge is 0.244 e. The Hall–Kier alpha value is -1.81. The van der Waals surface area contributed by atoms with Crippen LogP contribution in [0.5, 0.6) is 0 Å². The molecule has 0 spiro atoms. The van der Waals surface area contributed by atoms with Crippen molar-refractivity contribution in [2.75, 3.05) is 31.2 Å². The molecule has 1 heterocycles. The molecule has 96 valence electrons. The predicted molar refractivity (Wildman–Crippen MR) is 71.5 cm³/mol. The van der Waals surface area contributed by atoms with Crippen LogP contribution in [0, 0.1) is 0 Å². The Morgan fingerprint density at radius 3 is 2.44 bits per heavy atom. The highest BCUT2D eigenvalue weighted by atomic mass is 16.5. The third kappa shape index (κ3) is 3.11. The van der Waals surface area contributed by atoms with Crippen LogP contribution in [-0.4, -0.2) is 32.2 Å². The van der Waals surface area contributed by atoms with Crippen molar-refractivity contribution in [2.45, 2.75) is 6.42 Å². The first kappa shape index (κ1) is 12.6. The van der Waals surface area contributed by atoms with Gasteiger partial charge in [-0.3, -0.25) is 4.79 Å². The highest BCUT2D eigenvalue weighted by Crippen LogP contribution is 2.17. The summed E-state index contributed by atoms with van der Waals surface area (Å²) in [7, 11) is 0. The second-order valence-electron chi connectivity index (χ2n) is 4.41. The first-order valence-corrected chi connectivity index (χ1v) is 6.06. The Morgan fingerprint density at radius 2 is 1.89 bits per heavy atom. The van der Waals surface area contributed by atoms with Crippen LogP contribution in [0.4, 0.5) is 5.69 Å². The number of anilines is 1. The van der Waals surface area contributed by atoms with Crippen molar-refractivity contribution >= 4 is 11.6 Å². The summed E-state index contributed by atoms with van der Waals surface area (Å²) in [6.45, 7) is 7.06. The second-order valence-corrected chi connectivity index (χ2v) is 4.41. The lowest BCUT2D eigenvalue weighted by Crippen LogP contribution is -2.36. The van der Waals surface area contributed by atoms with Crippen LogP contribution >= 0.6 is 0 Å². The van der Waals surface area contributed by atoms with Crippen LogP contribution in [0.2, 0.25) is 0 Å². The number of benzene rings is 1. The third-order valence-corrected chi connectivity index (χ3v) is 3.08. The standard InChI is InChI=1S/C14H18N2O2/c1-11(14(15)17)10-12-2-4-13(5-3-12)16-6-8-18-9-7-16/h2-5H,1,6-10H2,(H2,15,17). The minimum absolute atomic E-state index is 0.438. The lowest BCUT2D eigenvalue weighted by molar-refractivity contribution is -0.114. The Labute approximate surface area is 107 Å². The monoisotopic (exact) mass is 246 g/mol. The number of nitrogens with zero attached hydrogens (tertiary/aromatic N) is 1. The van der Waals surface area contributed by atoms with E-state index in [0.717, 1.165) is 31.9 Å². The van der Waals surface area contributed by atoms with Crippen LogP contribution in [0.25, 0.3) is 0 Å². The van der Waals surface area contributed by atoms with Gasteiger partial charge in [0.1, 0.15) is 0 Å². The fraction of sp³-hybridized carbons (Fsp3) is 0.357. The third-order valence-electron chi connectivity index (χ3n) is 3.08. The van der Waals surface area contributed by atoms with E-state index in [2.05, 4.69) is 23.6 Å². The minimum Gasteiger partial charge on any atom is -0.378 e. The number of ether oxygens (including phenoxy) is 1. The number of nitrogens with two attached hydrogens (primary N) is 1. The summed E-state index contributed by atoms with van der Waals surface area (Å²) in [6, 6.07) is 8.15. The molecular formula is C14H18N2O2. The average Bonchev–Trinajstić information content (AvgIpc) is 2.40. The highest BCUT2D eigenvalue weighted by molar-refractivity contribution is 5.91. The molecule has 4 heteroatoms. The highest BCUT2D eigenvalue weighted by Gasteiger charge is 2.11. The van der Waals surface area contributed by atoms with Gasteiger partial charge >= 0.3 is 0 Å². The Balaban J connectivity index is 2.00. The molecule has 0 atom stereocenters. The van der Waals surface area contributed by atoms with Crippen molar-refractivity contribution in [1.29, 1.82) is 0 Å². The lowest BCUT2D eigenvalue weighted by Gasteiger charge is -2.28. The van der Waals surface area contributed by atoms with Crippen LogP contribution in [-0.2, 0) is 16.0 Å². The molecule has 0 saturated carbocycles. The van der Waals surface area contributed by atoms with Gasteiger partial charge in [-0.25, -0.2) is 0 Å². The lowest BCUT2D eigenvalue weighted by atomic mass is 10.1. The van der Waals surface area contributed by atoms with Crippen LogP contribution < -0.4 is 10.6 Å². The summed E-state index contributed by atoms with van der Waals surface area (Å²) >= 11 is 0. The summed E-state index contributed by atoms with van der Waals surface area (Å²) in [5.74, 6) is -0.438. The summed E-state index contributed by atoms with van der Waals surface area (Å²) in [4.78, 5) is 13.2. The van der Waals surface area contributed by atoms with Gasteiger partial charge in [0.05, 0.1) is 13.2 Å². The Kier molecular flexibility index (Phi) is 3.99. The molecule has 1 saturated heterocycles. The van der Waals surface area contributed by atoms with Gasteiger partial charge in [-0.2, -0.15) is 0 Å². The van der Waals surface area contributed by atoms with Gasteiger partial charge in [-0.15, -0.1) is 0 Å². The molecule has 1 aromatic carbocycles. The van der Waals surface area contributed by atoms with E-state index in [9.17, 15) is 4.79 Å². The topological polar surface area (TPSA) is 55.6 Å². The zero-order valence-corrected chi connectivity index (χ0v) is 10.4. The van der Waals surface area contributed by atoms with E-state index in [0.29, 0.717) is 12.0 Å². The van der Waals surface area contributed by atoms with E-state index in [4.69, 9.17) is 10.5 Å². The molecule has 0 radical (unpaired) electrons. The van der Waals surface area contributed by atoms with Gasteiger partial charge in [0.15, 0.2) is 0 Å². The van der Waals surface area contributed by atoms with Crippen molar-refractivity contribution in [3.05, 3.63) is 42.0 Å². The summed E-state index contributed by atoms with van der Waals surface area (Å²) in [5.41, 5.74) is 7.85. The van der Waals surface area contributed by atoms with Crippen LogP contribution in [0.15, 0.2) is 36.4 Å². The van der Waals surface area contributed by atoms with E-state index in [1.54, 1.807) is 0 Å². The summed E-state index contributed by atoms with van der Waals surface area (Å²) in [6.07, 6.45) is 0.513. The normalized spacial score (nSPS) is 15.4. The zero-order valence-electron chi connectivity index (χ0n) is 10.4. The Morgan fingerprint density at radius 1 is 1.28 bits per heavy atom. The molecule has 18 heavy (non-hydrogen) atoms. The van der Waals surface area contributed by atoms with Crippen molar-refractivity contribution in [1.82, 2.24) is 0 Å². The van der Waals surface area contributed by atoms with Gasteiger partial charge in [0.2, 0.25) is 5.91 Å². The van der Waals surface area contributed by atoms with Gasteiger partial charge < -0.3 is 15.4 Å². The fourth-order valence-electron chi connectivity index (χ4n) is 1.98. The molecule has 1 aliphatic heterocycles. The van der Waals surface area contributed by atoms with E-state index in [1.165, 1.54) is 5.69 Å². The van der Waals surface area contributed by atoms with Gasteiger partial charge in [0.25, 0.3) is 0 Å². The Bertz CT molecular complexity index is 434. The molecule has 0 unspecified atom stereocenters. The fourth-order valence-corrected chi connectivity index (χ4v) is 1.98. The number of rotatable bonds is 4. The number of hydrogen-bond donors (Lipinski definition) is 1. The van der Waals surface area contributed by atoms with Gasteiger partial charge in [0, 0.05) is 30.8 Å². The maximum absolute atomic E-state index is 10.9. The first-order valence-electron chi connectivity index (χ1n) is 6.06. The first-order chi connectivity index (χ1) is 8.66. The number of carbonyl (C=O) groups excluding carboxylic acids is 1. The van der Waals surface area contributed by atoms with E-state index in [-0.39, 0.29) is 0 Å². The summed E-state index contributed by atoms with van der Waals surface area (Å²) in [5, 5.41) is 0. The second kappa shape index (κ2) is 5.69. The molecule has 1 aliphatic rings. The maximum atomic E-state index is 10.9. The SMILES string of the molecule is C=C(Cc1ccc(N2CCOCC2)cc1)C(N)=O. The van der Waals surface area contributed by atoms with Crippen molar-refractivity contribution in [3.63, 3.8) is 0 Å². The molecule has 2 rings (SSSR count). The molecule has 4 nitrogen and oxygen atoms in total. The van der Waals surface area contributed by atoms with Crippen molar-refractivity contribution in [2.24, 2.45) is 5.73 Å². The number of carbonyl (C=O) groups is 1.